The van der Waals surface area contributed by atoms with Crippen molar-refractivity contribution in [3.8, 4) is 0 Å². The molecule has 3 heteroatoms. The highest BCUT2D eigenvalue weighted by atomic mass is 16.3. The third-order valence-corrected chi connectivity index (χ3v) is 4.01. The molecule has 2 N–H and O–H groups in total. The SMILES string of the molecule is CCC(=O)NC[C@@H]1C[C@H]1c1cccc(C)c1CCO. The lowest BCUT2D eigenvalue weighted by Gasteiger charge is -2.12. The number of aliphatic hydroxyl groups excluding tert-OH is 1. The van der Waals surface area contributed by atoms with Gasteiger partial charge in [0.1, 0.15) is 0 Å². The Morgan fingerprint density at radius 2 is 2.26 bits per heavy atom. The van der Waals surface area contributed by atoms with E-state index in [1.54, 1.807) is 0 Å². The zero-order chi connectivity index (χ0) is 13.8. The third kappa shape index (κ3) is 3.35. The minimum atomic E-state index is 0.130. The lowest BCUT2D eigenvalue weighted by atomic mass is 9.95. The molecule has 1 fully saturated rings. The van der Waals surface area contributed by atoms with Crippen molar-refractivity contribution in [1.29, 1.82) is 0 Å². The van der Waals surface area contributed by atoms with Crippen LogP contribution in [0, 0.1) is 12.8 Å². The number of benzene rings is 1. The van der Waals surface area contributed by atoms with Crippen molar-refractivity contribution in [2.24, 2.45) is 5.92 Å². The van der Waals surface area contributed by atoms with E-state index >= 15 is 0 Å². The van der Waals surface area contributed by atoms with Crippen LogP contribution in [0.2, 0.25) is 0 Å². The molecule has 0 radical (unpaired) electrons. The van der Waals surface area contributed by atoms with E-state index in [0.717, 1.165) is 19.4 Å². The molecule has 1 saturated carbocycles. The molecule has 0 unspecified atom stereocenters. The topological polar surface area (TPSA) is 49.3 Å². The number of amides is 1. The summed E-state index contributed by atoms with van der Waals surface area (Å²) in [5.41, 5.74) is 3.92. The maximum Gasteiger partial charge on any atom is 0.219 e. The highest BCUT2D eigenvalue weighted by Gasteiger charge is 2.39. The van der Waals surface area contributed by atoms with Gasteiger partial charge in [-0.15, -0.1) is 0 Å². The summed E-state index contributed by atoms with van der Waals surface area (Å²) in [5, 5.41) is 12.2. The molecule has 1 aromatic carbocycles. The second-order valence-corrected chi connectivity index (χ2v) is 5.38. The van der Waals surface area contributed by atoms with Gasteiger partial charge in [0.25, 0.3) is 0 Å². The van der Waals surface area contributed by atoms with Crippen LogP contribution in [0.25, 0.3) is 0 Å². The van der Waals surface area contributed by atoms with Gasteiger partial charge in [0.2, 0.25) is 5.91 Å². The highest BCUT2D eigenvalue weighted by molar-refractivity contribution is 5.75. The summed E-state index contributed by atoms with van der Waals surface area (Å²) in [6, 6.07) is 6.36. The van der Waals surface area contributed by atoms with E-state index in [1.807, 2.05) is 6.92 Å². The fourth-order valence-electron chi connectivity index (χ4n) is 2.75. The third-order valence-electron chi connectivity index (χ3n) is 4.01. The molecule has 2 atom stereocenters. The molecular weight excluding hydrogens is 238 g/mol. The number of hydrogen-bond acceptors (Lipinski definition) is 2. The first-order chi connectivity index (χ1) is 9.17. The van der Waals surface area contributed by atoms with Gasteiger partial charge in [0.15, 0.2) is 0 Å². The Kier molecular flexibility index (Phi) is 4.59. The minimum Gasteiger partial charge on any atom is -0.396 e. The lowest BCUT2D eigenvalue weighted by molar-refractivity contribution is -0.120. The molecule has 1 aliphatic rings. The number of rotatable bonds is 6. The van der Waals surface area contributed by atoms with Crippen LogP contribution in [0.3, 0.4) is 0 Å². The van der Waals surface area contributed by atoms with Gasteiger partial charge in [-0.2, -0.15) is 0 Å². The fourth-order valence-corrected chi connectivity index (χ4v) is 2.75. The molecule has 0 aromatic heterocycles. The predicted molar refractivity (Wildman–Crippen MR) is 76.1 cm³/mol. The monoisotopic (exact) mass is 261 g/mol. The number of aryl methyl sites for hydroxylation is 1. The van der Waals surface area contributed by atoms with Crippen LogP contribution in [0.1, 0.15) is 42.4 Å². The largest absolute Gasteiger partial charge is 0.396 e. The first-order valence-corrected chi connectivity index (χ1v) is 7.13. The summed E-state index contributed by atoms with van der Waals surface area (Å²) >= 11 is 0. The van der Waals surface area contributed by atoms with Crippen LogP contribution in [0.5, 0.6) is 0 Å². The first-order valence-electron chi connectivity index (χ1n) is 7.13. The fraction of sp³-hybridized carbons (Fsp3) is 0.562. The molecule has 2 rings (SSSR count). The van der Waals surface area contributed by atoms with Gasteiger partial charge in [0, 0.05) is 19.6 Å². The quantitative estimate of drug-likeness (QED) is 0.824. The Balaban J connectivity index is 2.00. The van der Waals surface area contributed by atoms with Crippen molar-refractivity contribution >= 4 is 5.91 Å². The summed E-state index contributed by atoms with van der Waals surface area (Å²) in [6.07, 6.45) is 2.43. The average Bonchev–Trinajstić information content (AvgIpc) is 3.18. The molecule has 19 heavy (non-hydrogen) atoms. The molecular formula is C16H23NO2. The zero-order valence-corrected chi connectivity index (χ0v) is 11.8. The van der Waals surface area contributed by atoms with Gasteiger partial charge in [-0.3, -0.25) is 4.79 Å². The lowest BCUT2D eigenvalue weighted by Crippen LogP contribution is -2.24. The van der Waals surface area contributed by atoms with E-state index < -0.39 is 0 Å². The van der Waals surface area contributed by atoms with Crippen molar-refractivity contribution in [2.45, 2.75) is 39.0 Å². The van der Waals surface area contributed by atoms with E-state index in [2.05, 4.69) is 30.4 Å². The van der Waals surface area contributed by atoms with Crippen molar-refractivity contribution < 1.29 is 9.90 Å². The zero-order valence-electron chi connectivity index (χ0n) is 11.8. The van der Waals surface area contributed by atoms with Gasteiger partial charge in [-0.25, -0.2) is 0 Å². The minimum absolute atomic E-state index is 0.130. The Morgan fingerprint density at radius 3 is 2.95 bits per heavy atom. The van der Waals surface area contributed by atoms with E-state index in [-0.39, 0.29) is 12.5 Å². The Hall–Kier alpha value is -1.35. The number of carbonyl (C=O) groups is 1. The molecule has 1 aromatic rings. The van der Waals surface area contributed by atoms with E-state index in [1.165, 1.54) is 16.7 Å². The predicted octanol–water partition coefficient (Wildman–Crippen LogP) is 2.16. The standard InChI is InChI=1S/C16H23NO2/c1-3-16(19)17-10-12-9-15(12)14-6-4-5-11(2)13(14)7-8-18/h4-6,12,15,18H,3,7-10H2,1-2H3,(H,17,19)/t12-,15+/m0/s1. The molecule has 0 saturated heterocycles. The molecule has 104 valence electrons. The number of hydrogen-bond donors (Lipinski definition) is 2. The molecule has 1 amide bonds. The van der Waals surface area contributed by atoms with Crippen LogP contribution < -0.4 is 5.32 Å². The van der Waals surface area contributed by atoms with Gasteiger partial charge >= 0.3 is 0 Å². The highest BCUT2D eigenvalue weighted by Crippen LogP contribution is 2.48. The molecule has 1 aliphatic carbocycles. The average molecular weight is 261 g/mol. The summed E-state index contributed by atoms with van der Waals surface area (Å²) in [4.78, 5) is 11.3. The van der Waals surface area contributed by atoms with Crippen molar-refractivity contribution in [3.63, 3.8) is 0 Å². The molecule has 0 spiro atoms. The van der Waals surface area contributed by atoms with E-state index in [0.29, 0.717) is 18.3 Å². The molecule has 0 bridgehead atoms. The first kappa shape index (κ1) is 14.1. The Bertz CT molecular complexity index is 456. The maximum absolute atomic E-state index is 11.3. The van der Waals surface area contributed by atoms with Crippen molar-refractivity contribution in [3.05, 3.63) is 34.9 Å². The van der Waals surface area contributed by atoms with Gasteiger partial charge in [-0.1, -0.05) is 25.1 Å². The summed E-state index contributed by atoms with van der Waals surface area (Å²) < 4.78 is 0. The van der Waals surface area contributed by atoms with E-state index in [9.17, 15) is 9.90 Å². The van der Waals surface area contributed by atoms with Gasteiger partial charge in [0.05, 0.1) is 0 Å². The smallest absolute Gasteiger partial charge is 0.219 e. The molecule has 3 nitrogen and oxygen atoms in total. The van der Waals surface area contributed by atoms with Crippen molar-refractivity contribution in [1.82, 2.24) is 5.32 Å². The van der Waals surface area contributed by atoms with Crippen LogP contribution >= 0.6 is 0 Å². The summed E-state index contributed by atoms with van der Waals surface area (Å²) in [7, 11) is 0. The number of nitrogens with one attached hydrogen (secondary N) is 1. The van der Waals surface area contributed by atoms with Crippen LogP contribution in [0.4, 0.5) is 0 Å². The number of aliphatic hydroxyl groups is 1. The normalized spacial score (nSPS) is 21.2. The van der Waals surface area contributed by atoms with Crippen LogP contribution in [0.15, 0.2) is 18.2 Å². The summed E-state index contributed by atoms with van der Waals surface area (Å²) in [5.74, 6) is 1.25. The van der Waals surface area contributed by atoms with Crippen LogP contribution in [-0.4, -0.2) is 24.2 Å². The summed E-state index contributed by atoms with van der Waals surface area (Å²) in [6.45, 7) is 4.95. The van der Waals surface area contributed by atoms with Gasteiger partial charge in [-0.05, 0) is 48.3 Å². The second-order valence-electron chi connectivity index (χ2n) is 5.38. The maximum atomic E-state index is 11.3. The second kappa shape index (κ2) is 6.20. The van der Waals surface area contributed by atoms with Crippen LogP contribution in [-0.2, 0) is 11.2 Å². The van der Waals surface area contributed by atoms with E-state index in [4.69, 9.17) is 0 Å². The molecule has 0 heterocycles. The molecule has 0 aliphatic heterocycles. The Morgan fingerprint density at radius 1 is 1.47 bits per heavy atom. The number of carbonyl (C=O) groups excluding carboxylic acids is 1. The Labute approximate surface area is 115 Å². The van der Waals surface area contributed by atoms with Gasteiger partial charge < -0.3 is 10.4 Å². The van der Waals surface area contributed by atoms with Crippen molar-refractivity contribution in [2.75, 3.05) is 13.2 Å².